The van der Waals surface area contributed by atoms with Gasteiger partial charge < -0.3 is 19.7 Å². The van der Waals surface area contributed by atoms with E-state index in [0.29, 0.717) is 71.0 Å². The summed E-state index contributed by atoms with van der Waals surface area (Å²) in [5.74, 6) is -0.833. The highest BCUT2D eigenvalue weighted by molar-refractivity contribution is 6.30. The number of carbonyl (C=O) groups excluding carboxylic acids is 3. The summed E-state index contributed by atoms with van der Waals surface area (Å²) >= 11 is 6.15. The fourth-order valence-corrected chi connectivity index (χ4v) is 5.71. The molecule has 9 nitrogen and oxygen atoms in total. The molecule has 2 atom stereocenters. The Morgan fingerprint density at radius 2 is 1.93 bits per heavy atom. The number of amides is 3. The number of fused-ring (bicyclic) bond motifs is 4. The second-order valence-electron chi connectivity index (χ2n) is 10.7. The molecule has 0 radical (unpaired) electrons. The summed E-state index contributed by atoms with van der Waals surface area (Å²) in [5.41, 5.74) is 4.02. The standard InChI is InChI=1S/C32H31ClF2N4O5/c1-18-4-3-5-27(39-13-11-20(15-29(39)40)24-16-21(33)6-9-28(24)44-31(34)35)26-14-19(10-12-36-26)23-8-7-22(37-32(42)43-2)17-25(23)38-30(18)41/h6-10,12,14-18,27,31H,3-5,11,13H2,1-2H3,(H,37,42)(H,38,41)/t18-,27+/m1/s1. The molecule has 0 fully saturated rings. The summed E-state index contributed by atoms with van der Waals surface area (Å²) < 4.78 is 35.5. The molecule has 1 aromatic heterocycles. The number of benzene rings is 2. The zero-order valence-electron chi connectivity index (χ0n) is 24.1. The Labute approximate surface area is 258 Å². The molecule has 2 bridgehead atoms. The molecule has 3 amide bonds. The third kappa shape index (κ3) is 6.99. The van der Waals surface area contributed by atoms with Crippen LogP contribution in [0.1, 0.15) is 49.9 Å². The van der Waals surface area contributed by atoms with E-state index >= 15 is 0 Å². The SMILES string of the molecule is COC(=O)Nc1ccc2c(c1)NC(=O)[C@H](C)CCC[C@H](N1CCC(c3cc(Cl)ccc3OC(F)F)=CC1=O)c1cc-2ccn1. The van der Waals surface area contributed by atoms with Crippen LogP contribution in [0.3, 0.4) is 0 Å². The number of hydrogen-bond donors (Lipinski definition) is 2. The van der Waals surface area contributed by atoms with Gasteiger partial charge in [0.05, 0.1) is 24.5 Å². The maximum absolute atomic E-state index is 13.6. The summed E-state index contributed by atoms with van der Waals surface area (Å²) in [6.45, 7) is -0.863. The highest BCUT2D eigenvalue weighted by Crippen LogP contribution is 2.39. The lowest BCUT2D eigenvalue weighted by molar-refractivity contribution is -0.129. The third-order valence-corrected chi connectivity index (χ3v) is 8.02. The van der Waals surface area contributed by atoms with Crippen molar-refractivity contribution < 1.29 is 32.6 Å². The zero-order valence-corrected chi connectivity index (χ0v) is 24.9. The number of hydrogen-bond acceptors (Lipinski definition) is 6. The van der Waals surface area contributed by atoms with E-state index in [1.54, 1.807) is 29.3 Å². The van der Waals surface area contributed by atoms with Crippen LogP contribution in [0.4, 0.5) is 25.0 Å². The Morgan fingerprint density at radius 3 is 2.68 bits per heavy atom. The van der Waals surface area contributed by atoms with Crippen LogP contribution in [0.5, 0.6) is 5.75 Å². The topological polar surface area (TPSA) is 110 Å². The van der Waals surface area contributed by atoms with Crippen LogP contribution < -0.4 is 15.4 Å². The first-order valence-electron chi connectivity index (χ1n) is 14.1. The van der Waals surface area contributed by atoms with Crippen molar-refractivity contribution >= 4 is 46.5 Å². The van der Waals surface area contributed by atoms with Gasteiger partial charge in [0.25, 0.3) is 0 Å². The Balaban J connectivity index is 1.50. The van der Waals surface area contributed by atoms with Gasteiger partial charge in [0, 0.05) is 46.6 Å². The Kier molecular flexibility index (Phi) is 9.43. The van der Waals surface area contributed by atoms with E-state index in [1.165, 1.54) is 31.4 Å². The van der Waals surface area contributed by atoms with E-state index in [-0.39, 0.29) is 23.5 Å². The average Bonchev–Trinajstić information content (AvgIpc) is 3.00. The van der Waals surface area contributed by atoms with Crippen LogP contribution in [0.15, 0.2) is 60.8 Å². The van der Waals surface area contributed by atoms with Gasteiger partial charge in [-0.1, -0.05) is 31.0 Å². The van der Waals surface area contributed by atoms with Crippen molar-refractivity contribution in [1.82, 2.24) is 9.88 Å². The Bertz CT molecular complexity index is 1620. The van der Waals surface area contributed by atoms with E-state index in [1.807, 2.05) is 19.1 Å². The molecule has 2 N–H and O–H groups in total. The minimum atomic E-state index is -3.02. The molecule has 0 aliphatic carbocycles. The van der Waals surface area contributed by atoms with Gasteiger partial charge in [-0.15, -0.1) is 0 Å². The molecule has 3 heterocycles. The highest BCUT2D eigenvalue weighted by atomic mass is 35.5. The maximum Gasteiger partial charge on any atom is 0.411 e. The lowest BCUT2D eigenvalue weighted by Gasteiger charge is -2.35. The number of pyridine rings is 1. The van der Waals surface area contributed by atoms with Crippen molar-refractivity contribution in [3.63, 3.8) is 0 Å². The van der Waals surface area contributed by atoms with Crippen LogP contribution in [0.2, 0.25) is 5.02 Å². The number of rotatable bonds is 5. The molecule has 0 saturated heterocycles. The van der Waals surface area contributed by atoms with Crippen molar-refractivity contribution in [2.24, 2.45) is 5.92 Å². The lowest BCUT2D eigenvalue weighted by Crippen LogP contribution is -2.38. The van der Waals surface area contributed by atoms with Crippen LogP contribution in [0.25, 0.3) is 16.7 Å². The van der Waals surface area contributed by atoms with Gasteiger partial charge in [0.1, 0.15) is 5.75 Å². The number of nitrogens with zero attached hydrogens (tertiary/aromatic N) is 2. The fraction of sp³-hybridized carbons (Fsp3) is 0.312. The second-order valence-corrected chi connectivity index (χ2v) is 11.1. The third-order valence-electron chi connectivity index (χ3n) is 7.79. The molecule has 0 spiro atoms. The molecule has 44 heavy (non-hydrogen) atoms. The molecule has 0 unspecified atom stereocenters. The molecule has 0 saturated carbocycles. The number of halogens is 3. The molecular weight excluding hydrogens is 594 g/mol. The average molecular weight is 625 g/mol. The van der Waals surface area contributed by atoms with Gasteiger partial charge >= 0.3 is 12.7 Å². The van der Waals surface area contributed by atoms with Gasteiger partial charge in [0.15, 0.2) is 0 Å². The largest absolute Gasteiger partial charge is 0.453 e. The lowest BCUT2D eigenvalue weighted by atomic mass is 9.92. The molecule has 2 aromatic carbocycles. The van der Waals surface area contributed by atoms with Crippen molar-refractivity contribution in [3.8, 4) is 16.9 Å². The summed E-state index contributed by atoms with van der Waals surface area (Å²) in [5, 5.41) is 5.96. The second kappa shape index (κ2) is 13.4. The quantitative estimate of drug-likeness (QED) is 0.308. The smallest absolute Gasteiger partial charge is 0.411 e. The van der Waals surface area contributed by atoms with Crippen molar-refractivity contribution in [1.29, 1.82) is 0 Å². The minimum absolute atomic E-state index is 0.0480. The summed E-state index contributed by atoms with van der Waals surface area (Å²) in [7, 11) is 1.27. The fourth-order valence-electron chi connectivity index (χ4n) is 5.54. The first-order valence-corrected chi connectivity index (χ1v) is 14.5. The van der Waals surface area contributed by atoms with Crippen LogP contribution >= 0.6 is 11.6 Å². The predicted molar refractivity (Wildman–Crippen MR) is 162 cm³/mol. The number of aromatic nitrogens is 1. The number of nitrogens with one attached hydrogen (secondary N) is 2. The number of alkyl halides is 2. The predicted octanol–water partition coefficient (Wildman–Crippen LogP) is 7.30. The summed E-state index contributed by atoms with van der Waals surface area (Å²) in [6, 6.07) is 12.8. The first-order chi connectivity index (χ1) is 21.1. The normalized spacial score (nSPS) is 18.8. The van der Waals surface area contributed by atoms with Crippen molar-refractivity contribution in [2.45, 2.75) is 45.3 Å². The number of ether oxygens (including phenoxy) is 2. The van der Waals surface area contributed by atoms with Gasteiger partial charge in [-0.3, -0.25) is 19.9 Å². The van der Waals surface area contributed by atoms with Gasteiger partial charge in [-0.2, -0.15) is 8.78 Å². The summed E-state index contributed by atoms with van der Waals surface area (Å²) in [4.78, 5) is 44.9. The van der Waals surface area contributed by atoms with Crippen molar-refractivity contribution in [3.05, 3.63) is 77.1 Å². The van der Waals surface area contributed by atoms with Gasteiger partial charge in [-0.25, -0.2) is 4.79 Å². The Morgan fingerprint density at radius 1 is 1.11 bits per heavy atom. The van der Waals surface area contributed by atoms with E-state index < -0.39 is 18.7 Å². The van der Waals surface area contributed by atoms with E-state index in [9.17, 15) is 23.2 Å². The van der Waals surface area contributed by atoms with Crippen LogP contribution in [-0.4, -0.2) is 48.1 Å². The monoisotopic (exact) mass is 624 g/mol. The number of anilines is 2. The minimum Gasteiger partial charge on any atom is -0.453 e. The van der Waals surface area contributed by atoms with E-state index in [2.05, 4.69) is 15.6 Å². The van der Waals surface area contributed by atoms with Crippen LogP contribution in [-0.2, 0) is 14.3 Å². The van der Waals surface area contributed by atoms with Gasteiger partial charge in [-0.05, 0) is 72.9 Å². The molecule has 2 aliphatic rings. The highest BCUT2D eigenvalue weighted by Gasteiger charge is 2.31. The molecule has 12 heteroatoms. The molecule has 3 aromatic rings. The van der Waals surface area contributed by atoms with E-state index in [0.717, 1.165) is 5.56 Å². The molecule has 230 valence electrons. The molecule has 2 aliphatic heterocycles. The van der Waals surface area contributed by atoms with Crippen molar-refractivity contribution in [2.75, 3.05) is 24.3 Å². The van der Waals surface area contributed by atoms with E-state index in [4.69, 9.17) is 21.1 Å². The zero-order chi connectivity index (χ0) is 31.4. The number of carbonyl (C=O) groups is 3. The number of methoxy groups -OCH3 is 1. The summed E-state index contributed by atoms with van der Waals surface area (Å²) in [6.07, 6.45) is 4.63. The molecule has 5 rings (SSSR count). The molecular formula is C32H31ClF2N4O5. The maximum atomic E-state index is 13.6. The first kappa shape index (κ1) is 30.9. The van der Waals surface area contributed by atoms with Crippen LogP contribution in [0, 0.1) is 5.92 Å². The van der Waals surface area contributed by atoms with Gasteiger partial charge in [0.2, 0.25) is 11.8 Å². The Hall–Kier alpha value is -4.51.